The lowest BCUT2D eigenvalue weighted by Gasteiger charge is -2.19. The average molecular weight is 475 g/mol. The third-order valence-electron chi connectivity index (χ3n) is 6.73. The lowest BCUT2D eigenvalue weighted by Crippen LogP contribution is -2.30. The van der Waals surface area contributed by atoms with E-state index in [1.807, 2.05) is 0 Å². The molecule has 2 N–H and O–H groups in total. The molecule has 1 atom stereocenters. The molecule has 1 unspecified atom stereocenters. The fourth-order valence-corrected chi connectivity index (χ4v) is 4.75. The SMILES string of the molecule is Cc1cccc(F)c1Cn1nc(-c2nc3c4c(n2)NC(=O)C4(C)CCC(=O)N3)c2cc(F)cnc21. The molecule has 0 fully saturated rings. The Morgan fingerprint density at radius 3 is 2.69 bits per heavy atom. The summed E-state index contributed by atoms with van der Waals surface area (Å²) < 4.78 is 30.2. The molecule has 1 aromatic carbocycles. The van der Waals surface area contributed by atoms with E-state index in [9.17, 15) is 18.4 Å². The monoisotopic (exact) mass is 475 g/mol. The quantitative estimate of drug-likeness (QED) is 0.469. The van der Waals surface area contributed by atoms with E-state index >= 15 is 0 Å². The Morgan fingerprint density at radius 1 is 1.14 bits per heavy atom. The highest BCUT2D eigenvalue weighted by Gasteiger charge is 2.48. The van der Waals surface area contributed by atoms with Crippen LogP contribution in [-0.4, -0.2) is 36.5 Å². The molecule has 2 aliphatic rings. The molecule has 6 rings (SSSR count). The zero-order valence-electron chi connectivity index (χ0n) is 18.8. The second-order valence-corrected chi connectivity index (χ2v) is 9.02. The van der Waals surface area contributed by atoms with Crippen molar-refractivity contribution >= 4 is 34.5 Å². The summed E-state index contributed by atoms with van der Waals surface area (Å²) in [6.07, 6.45) is 1.54. The van der Waals surface area contributed by atoms with E-state index < -0.39 is 17.0 Å². The van der Waals surface area contributed by atoms with Crippen molar-refractivity contribution in [1.29, 1.82) is 0 Å². The van der Waals surface area contributed by atoms with Gasteiger partial charge in [-0.1, -0.05) is 12.1 Å². The van der Waals surface area contributed by atoms with Crippen LogP contribution in [0.1, 0.15) is 36.5 Å². The summed E-state index contributed by atoms with van der Waals surface area (Å²) in [6, 6.07) is 6.03. The fourth-order valence-electron chi connectivity index (χ4n) is 4.75. The second-order valence-electron chi connectivity index (χ2n) is 9.02. The summed E-state index contributed by atoms with van der Waals surface area (Å²) in [6.45, 7) is 3.59. The van der Waals surface area contributed by atoms with E-state index in [0.29, 0.717) is 28.6 Å². The maximum Gasteiger partial charge on any atom is 0.236 e. The van der Waals surface area contributed by atoms with Crippen molar-refractivity contribution in [2.24, 2.45) is 0 Å². The van der Waals surface area contributed by atoms with Crippen LogP contribution >= 0.6 is 0 Å². The number of rotatable bonds is 3. The molecule has 2 amide bonds. The summed E-state index contributed by atoms with van der Waals surface area (Å²) in [4.78, 5) is 38.3. The van der Waals surface area contributed by atoms with Crippen molar-refractivity contribution in [1.82, 2.24) is 24.7 Å². The Balaban J connectivity index is 1.55. The summed E-state index contributed by atoms with van der Waals surface area (Å²) >= 11 is 0. The van der Waals surface area contributed by atoms with E-state index in [1.54, 1.807) is 26.0 Å². The number of aryl methyl sites for hydroxylation is 1. The molecule has 0 radical (unpaired) electrons. The Bertz CT molecular complexity index is 1560. The number of nitrogens with one attached hydrogen (secondary N) is 2. The summed E-state index contributed by atoms with van der Waals surface area (Å²) in [5.41, 5.74) is 1.24. The molecule has 2 aliphatic heterocycles. The van der Waals surface area contributed by atoms with Gasteiger partial charge in [-0.2, -0.15) is 5.10 Å². The first-order chi connectivity index (χ1) is 16.7. The molecule has 9 nitrogen and oxygen atoms in total. The Hall–Kier alpha value is -4.28. The largest absolute Gasteiger partial charge is 0.310 e. The predicted molar refractivity (Wildman–Crippen MR) is 123 cm³/mol. The number of hydrogen-bond donors (Lipinski definition) is 2. The van der Waals surface area contributed by atoms with Crippen molar-refractivity contribution in [3.8, 4) is 11.5 Å². The number of halogens is 2. The van der Waals surface area contributed by atoms with Crippen LogP contribution in [0.3, 0.4) is 0 Å². The molecule has 5 heterocycles. The van der Waals surface area contributed by atoms with Crippen molar-refractivity contribution in [2.75, 3.05) is 10.6 Å². The predicted octanol–water partition coefficient (Wildman–Crippen LogP) is 3.47. The number of nitrogens with zero attached hydrogens (tertiary/aromatic N) is 5. The van der Waals surface area contributed by atoms with Crippen LogP contribution in [0.25, 0.3) is 22.6 Å². The maximum atomic E-state index is 14.5. The first-order valence-electron chi connectivity index (χ1n) is 11.0. The minimum atomic E-state index is -0.945. The number of anilines is 2. The maximum absolute atomic E-state index is 14.5. The number of aromatic nitrogens is 5. The van der Waals surface area contributed by atoms with Gasteiger partial charge < -0.3 is 10.6 Å². The molecule has 35 heavy (non-hydrogen) atoms. The lowest BCUT2D eigenvalue weighted by molar-refractivity contribution is -0.121. The minimum absolute atomic E-state index is 0.0526. The zero-order chi connectivity index (χ0) is 24.5. The van der Waals surface area contributed by atoms with Gasteiger partial charge in [0.1, 0.15) is 29.0 Å². The van der Waals surface area contributed by atoms with Crippen LogP contribution in [0.15, 0.2) is 30.5 Å². The molecule has 0 aliphatic carbocycles. The van der Waals surface area contributed by atoms with E-state index in [0.717, 1.165) is 11.8 Å². The minimum Gasteiger partial charge on any atom is -0.310 e. The van der Waals surface area contributed by atoms with Crippen molar-refractivity contribution in [2.45, 2.75) is 38.6 Å². The van der Waals surface area contributed by atoms with Gasteiger partial charge in [0.25, 0.3) is 0 Å². The molecule has 3 aromatic heterocycles. The lowest BCUT2D eigenvalue weighted by atomic mass is 9.81. The highest BCUT2D eigenvalue weighted by Crippen LogP contribution is 2.46. The van der Waals surface area contributed by atoms with Gasteiger partial charge in [-0.15, -0.1) is 0 Å². The number of amides is 2. The van der Waals surface area contributed by atoms with Gasteiger partial charge in [0.2, 0.25) is 11.8 Å². The topological polar surface area (TPSA) is 115 Å². The van der Waals surface area contributed by atoms with Gasteiger partial charge in [-0.3, -0.25) is 9.59 Å². The summed E-state index contributed by atoms with van der Waals surface area (Å²) in [5, 5.41) is 10.4. The summed E-state index contributed by atoms with van der Waals surface area (Å²) in [5.74, 6) is -0.951. The smallest absolute Gasteiger partial charge is 0.236 e. The highest BCUT2D eigenvalue weighted by atomic mass is 19.1. The zero-order valence-corrected chi connectivity index (χ0v) is 18.8. The van der Waals surface area contributed by atoms with Crippen LogP contribution in [0, 0.1) is 18.6 Å². The van der Waals surface area contributed by atoms with Crippen LogP contribution in [0.2, 0.25) is 0 Å². The van der Waals surface area contributed by atoms with Crippen molar-refractivity contribution in [3.05, 3.63) is 58.8 Å². The number of hydrogen-bond acceptors (Lipinski definition) is 6. The molecular weight excluding hydrogens is 456 g/mol. The average Bonchev–Trinajstić information content (AvgIpc) is 3.24. The standard InChI is InChI=1S/C24H19F2N7O2/c1-11-4-3-5-15(26)14(11)10-33-22-13(8-12(25)9-27-22)18(32-33)21-29-19-17-20(30-21)31-23(35)24(17,2)7-6-16(34)28-19/h3-5,8-9H,6-7,10H2,1-2H3,(H2,28,29,30,31,34,35). The highest BCUT2D eigenvalue weighted by molar-refractivity contribution is 6.09. The first kappa shape index (κ1) is 21.3. The number of fused-ring (bicyclic) bond motifs is 1. The van der Waals surface area contributed by atoms with Gasteiger partial charge in [0, 0.05) is 12.0 Å². The van der Waals surface area contributed by atoms with Crippen LogP contribution in [0.5, 0.6) is 0 Å². The summed E-state index contributed by atoms with van der Waals surface area (Å²) in [7, 11) is 0. The van der Waals surface area contributed by atoms with E-state index in [2.05, 4.69) is 30.7 Å². The number of carbonyl (C=O) groups excluding carboxylic acids is 2. The molecular formula is C24H19F2N7O2. The second kappa shape index (κ2) is 7.36. The first-order valence-corrected chi connectivity index (χ1v) is 11.0. The van der Waals surface area contributed by atoms with Crippen LogP contribution < -0.4 is 10.6 Å². The van der Waals surface area contributed by atoms with Gasteiger partial charge in [0.05, 0.1) is 29.1 Å². The van der Waals surface area contributed by atoms with E-state index in [4.69, 9.17) is 0 Å². The van der Waals surface area contributed by atoms with E-state index in [1.165, 1.54) is 16.8 Å². The molecule has 0 spiro atoms. The van der Waals surface area contributed by atoms with Gasteiger partial charge >= 0.3 is 0 Å². The third-order valence-corrected chi connectivity index (χ3v) is 6.73. The number of benzene rings is 1. The van der Waals surface area contributed by atoms with Gasteiger partial charge in [-0.05, 0) is 38.0 Å². The third kappa shape index (κ3) is 3.18. The van der Waals surface area contributed by atoms with Gasteiger partial charge in [0.15, 0.2) is 11.5 Å². The molecule has 4 aromatic rings. The molecule has 176 valence electrons. The molecule has 0 bridgehead atoms. The normalized spacial score (nSPS) is 18.9. The Kier molecular flexibility index (Phi) is 4.47. The Labute approximate surface area is 197 Å². The number of carbonyl (C=O) groups is 2. The number of pyridine rings is 1. The Morgan fingerprint density at radius 2 is 1.91 bits per heavy atom. The van der Waals surface area contributed by atoms with Crippen molar-refractivity contribution < 1.29 is 18.4 Å². The molecule has 0 saturated heterocycles. The van der Waals surface area contributed by atoms with Crippen LogP contribution in [0.4, 0.5) is 20.4 Å². The fraction of sp³-hybridized carbons (Fsp3) is 0.250. The molecule has 0 saturated carbocycles. The molecule has 11 heteroatoms. The van der Waals surface area contributed by atoms with E-state index in [-0.39, 0.29) is 47.9 Å². The van der Waals surface area contributed by atoms with Crippen molar-refractivity contribution in [3.63, 3.8) is 0 Å². The van der Waals surface area contributed by atoms with Crippen LogP contribution in [-0.2, 0) is 21.5 Å². The van der Waals surface area contributed by atoms with Gasteiger partial charge in [-0.25, -0.2) is 28.4 Å².